The minimum Gasteiger partial charge on any atom is -0.449 e. The van der Waals surface area contributed by atoms with E-state index in [1.54, 1.807) is 6.26 Å². The van der Waals surface area contributed by atoms with Gasteiger partial charge in [0.15, 0.2) is 5.89 Å². The predicted molar refractivity (Wildman–Crippen MR) is 83.1 cm³/mol. The fourth-order valence-electron chi connectivity index (χ4n) is 1.92. The molecule has 0 spiro atoms. The number of anilines is 1. The average molecular weight is 287 g/mol. The highest BCUT2D eigenvalue weighted by molar-refractivity contribution is 5.91. The van der Waals surface area contributed by atoms with Crippen LogP contribution in [0.1, 0.15) is 26.2 Å². The fourth-order valence-corrected chi connectivity index (χ4v) is 1.92. The van der Waals surface area contributed by atoms with Crippen molar-refractivity contribution in [3.05, 3.63) is 36.4 Å². The van der Waals surface area contributed by atoms with Crippen molar-refractivity contribution in [2.45, 2.75) is 33.2 Å². The summed E-state index contributed by atoms with van der Waals surface area (Å²) in [6, 6.07) is 7.96. The maximum Gasteiger partial charge on any atom is 0.225 e. The number of carbonyl (C=O) groups excluding carboxylic acids is 1. The van der Waals surface area contributed by atoms with Gasteiger partial charge < -0.3 is 15.1 Å². The number of aromatic nitrogens is 1. The second-order valence-electron chi connectivity index (χ2n) is 5.24. The molecule has 5 heteroatoms. The highest BCUT2D eigenvalue weighted by Gasteiger charge is 2.05. The minimum absolute atomic E-state index is 0.00757. The average Bonchev–Trinajstić information content (AvgIpc) is 2.86. The van der Waals surface area contributed by atoms with Crippen molar-refractivity contribution in [3.8, 4) is 11.3 Å². The van der Waals surface area contributed by atoms with Gasteiger partial charge in [0.05, 0.1) is 0 Å². The Bertz CT molecular complexity index is 588. The summed E-state index contributed by atoms with van der Waals surface area (Å²) in [6.07, 6.45) is 2.09. The topological polar surface area (TPSA) is 67.2 Å². The number of benzene rings is 1. The van der Waals surface area contributed by atoms with Crippen LogP contribution in [0.3, 0.4) is 0 Å². The predicted octanol–water partition coefficient (Wildman–Crippen LogP) is 2.98. The lowest BCUT2D eigenvalue weighted by molar-refractivity contribution is -0.116. The molecular formula is C16H21N3O2. The Hall–Kier alpha value is -2.14. The zero-order valence-corrected chi connectivity index (χ0v) is 12.6. The van der Waals surface area contributed by atoms with E-state index in [2.05, 4.69) is 29.5 Å². The maximum atomic E-state index is 11.8. The molecule has 0 atom stereocenters. The van der Waals surface area contributed by atoms with Gasteiger partial charge in [-0.1, -0.05) is 26.0 Å². The molecule has 0 aliphatic heterocycles. The second-order valence-corrected chi connectivity index (χ2v) is 5.24. The van der Waals surface area contributed by atoms with E-state index < -0.39 is 0 Å². The van der Waals surface area contributed by atoms with Crippen molar-refractivity contribution in [2.24, 2.45) is 0 Å². The minimum atomic E-state index is 0.00757. The van der Waals surface area contributed by atoms with Crippen molar-refractivity contribution in [3.63, 3.8) is 0 Å². The molecule has 0 aliphatic carbocycles. The molecule has 5 nitrogen and oxygen atoms in total. The molecule has 0 unspecified atom stereocenters. The third-order valence-electron chi connectivity index (χ3n) is 2.99. The third kappa shape index (κ3) is 4.72. The van der Waals surface area contributed by atoms with Gasteiger partial charge in [0.25, 0.3) is 0 Å². The quantitative estimate of drug-likeness (QED) is 0.857. The molecule has 1 heterocycles. The van der Waals surface area contributed by atoms with Crippen LogP contribution in [0.2, 0.25) is 0 Å². The van der Waals surface area contributed by atoms with Crippen LogP contribution in [0, 0.1) is 6.92 Å². The molecule has 0 radical (unpaired) electrons. The first-order valence-electron chi connectivity index (χ1n) is 7.10. The molecule has 2 aromatic rings. The lowest BCUT2D eigenvalue weighted by Gasteiger charge is -2.08. The van der Waals surface area contributed by atoms with Gasteiger partial charge in [0.2, 0.25) is 5.91 Å². The monoisotopic (exact) mass is 287 g/mol. The maximum absolute atomic E-state index is 11.8. The Kier molecular flexibility index (Phi) is 5.11. The summed E-state index contributed by atoms with van der Waals surface area (Å²) in [6.45, 7) is 6.60. The van der Waals surface area contributed by atoms with Crippen LogP contribution in [-0.2, 0) is 4.79 Å². The molecule has 1 amide bonds. The number of amides is 1. The first-order valence-corrected chi connectivity index (χ1v) is 7.10. The van der Waals surface area contributed by atoms with Crippen LogP contribution < -0.4 is 10.6 Å². The van der Waals surface area contributed by atoms with E-state index in [-0.39, 0.29) is 5.91 Å². The Morgan fingerprint density at radius 2 is 2.00 bits per heavy atom. The Morgan fingerprint density at radius 3 is 2.57 bits per heavy atom. The van der Waals surface area contributed by atoms with E-state index >= 15 is 0 Å². The fraction of sp³-hybridized carbons (Fsp3) is 0.375. The molecule has 2 rings (SSSR count). The molecule has 0 saturated carbocycles. The number of hydrogen-bond donors (Lipinski definition) is 2. The van der Waals surface area contributed by atoms with Crippen molar-refractivity contribution < 1.29 is 9.21 Å². The molecule has 0 fully saturated rings. The zero-order chi connectivity index (χ0) is 15.2. The molecule has 0 saturated heterocycles. The lowest BCUT2D eigenvalue weighted by Crippen LogP contribution is -2.27. The van der Waals surface area contributed by atoms with Gasteiger partial charge in [0, 0.05) is 37.2 Å². The van der Waals surface area contributed by atoms with Crippen LogP contribution >= 0.6 is 0 Å². The van der Waals surface area contributed by atoms with E-state index in [0.717, 1.165) is 16.9 Å². The van der Waals surface area contributed by atoms with Crippen LogP contribution in [0.15, 0.2) is 34.9 Å². The highest BCUT2D eigenvalue weighted by Crippen LogP contribution is 2.20. The molecule has 21 heavy (non-hydrogen) atoms. The summed E-state index contributed by atoms with van der Waals surface area (Å²) in [5.41, 5.74) is 2.55. The van der Waals surface area contributed by atoms with Crippen molar-refractivity contribution >= 4 is 11.6 Å². The van der Waals surface area contributed by atoms with Crippen molar-refractivity contribution in [1.82, 2.24) is 10.3 Å². The normalized spacial score (nSPS) is 10.9. The first kappa shape index (κ1) is 15.3. The van der Waals surface area contributed by atoms with Gasteiger partial charge in [-0.05, 0) is 12.1 Å². The summed E-state index contributed by atoms with van der Waals surface area (Å²) in [4.78, 5) is 16.0. The number of nitrogens with zero attached hydrogens (tertiary/aromatic N) is 1. The van der Waals surface area contributed by atoms with Gasteiger partial charge in [-0.25, -0.2) is 4.98 Å². The molecule has 0 aliphatic rings. The number of rotatable bonds is 6. The van der Waals surface area contributed by atoms with Gasteiger partial charge in [-0.2, -0.15) is 0 Å². The molecule has 1 aromatic carbocycles. The smallest absolute Gasteiger partial charge is 0.225 e. The summed E-state index contributed by atoms with van der Waals surface area (Å²) < 4.78 is 5.19. The number of carbonyl (C=O) groups is 1. The van der Waals surface area contributed by atoms with Gasteiger partial charge >= 0.3 is 0 Å². The van der Waals surface area contributed by atoms with Crippen LogP contribution in [0.5, 0.6) is 0 Å². The molecule has 1 aromatic heterocycles. The van der Waals surface area contributed by atoms with Gasteiger partial charge in [-0.3, -0.25) is 4.79 Å². The van der Waals surface area contributed by atoms with Crippen molar-refractivity contribution in [1.29, 1.82) is 0 Å². The zero-order valence-electron chi connectivity index (χ0n) is 12.6. The van der Waals surface area contributed by atoms with Crippen molar-refractivity contribution in [2.75, 3.05) is 11.9 Å². The largest absolute Gasteiger partial charge is 0.449 e. The van der Waals surface area contributed by atoms with E-state index in [4.69, 9.17) is 4.42 Å². The molecular weight excluding hydrogens is 266 g/mol. The summed E-state index contributed by atoms with van der Waals surface area (Å²) in [5, 5.41) is 6.09. The van der Waals surface area contributed by atoms with Gasteiger partial charge in [-0.15, -0.1) is 0 Å². The van der Waals surface area contributed by atoms with E-state index in [1.807, 2.05) is 31.2 Å². The highest BCUT2D eigenvalue weighted by atomic mass is 16.3. The standard InChI is InChI=1S/C16H21N3O2/c1-11(2)17-9-8-16(20)19-14-6-4-13(5-7-14)15-10-21-12(3)18-15/h4-7,10-11,17H,8-9H2,1-3H3,(H,19,20). The number of hydrogen-bond acceptors (Lipinski definition) is 4. The van der Waals surface area contributed by atoms with Crippen LogP contribution in [0.25, 0.3) is 11.3 Å². The van der Waals surface area contributed by atoms with Gasteiger partial charge in [0.1, 0.15) is 12.0 Å². The Labute approximate surface area is 124 Å². The lowest BCUT2D eigenvalue weighted by atomic mass is 10.1. The molecule has 112 valence electrons. The third-order valence-corrected chi connectivity index (χ3v) is 2.99. The van der Waals surface area contributed by atoms with E-state index in [0.29, 0.717) is 24.9 Å². The number of nitrogens with one attached hydrogen (secondary N) is 2. The van der Waals surface area contributed by atoms with Crippen LogP contribution in [-0.4, -0.2) is 23.5 Å². The Morgan fingerprint density at radius 1 is 1.29 bits per heavy atom. The number of oxazole rings is 1. The first-order chi connectivity index (χ1) is 10.0. The number of aryl methyl sites for hydroxylation is 1. The summed E-state index contributed by atoms with van der Waals surface area (Å²) in [7, 11) is 0. The summed E-state index contributed by atoms with van der Waals surface area (Å²) in [5.74, 6) is 0.646. The van der Waals surface area contributed by atoms with Crippen LogP contribution in [0.4, 0.5) is 5.69 Å². The molecule has 0 bridgehead atoms. The Balaban J connectivity index is 1.89. The van der Waals surface area contributed by atoms with E-state index in [9.17, 15) is 4.79 Å². The molecule has 2 N–H and O–H groups in total. The van der Waals surface area contributed by atoms with E-state index in [1.165, 1.54) is 0 Å². The summed E-state index contributed by atoms with van der Waals surface area (Å²) >= 11 is 0. The second kappa shape index (κ2) is 7.04. The SMILES string of the molecule is Cc1nc(-c2ccc(NC(=O)CCNC(C)C)cc2)co1.